The fourth-order valence-electron chi connectivity index (χ4n) is 2.53. The Labute approximate surface area is 188 Å². The molecule has 0 bridgehead atoms. The number of alkyl halides is 1. The van der Waals surface area contributed by atoms with Crippen LogP contribution in [0.25, 0.3) is 0 Å². The standard InChI is InChI=1S/C23H29ClO7/c1-26-23(25)20-7-8-21(31-18-19-5-3-2-4-6-19)22(17-20)30-16-15-29-14-13-28-12-11-27-10-9-24/h2-8,17H,9-16,18H2,1H3. The third-order valence-corrected chi connectivity index (χ3v) is 4.21. The monoisotopic (exact) mass is 452 g/mol. The predicted molar refractivity (Wildman–Crippen MR) is 117 cm³/mol. The number of rotatable bonds is 16. The molecule has 2 aromatic carbocycles. The smallest absolute Gasteiger partial charge is 0.337 e. The van der Waals surface area contributed by atoms with Crippen molar-refractivity contribution >= 4 is 17.6 Å². The van der Waals surface area contributed by atoms with Crippen LogP contribution in [0.1, 0.15) is 15.9 Å². The number of halogens is 1. The summed E-state index contributed by atoms with van der Waals surface area (Å²) in [6.45, 7) is 3.49. The van der Waals surface area contributed by atoms with E-state index >= 15 is 0 Å². The van der Waals surface area contributed by atoms with Gasteiger partial charge in [-0.3, -0.25) is 0 Å². The summed E-state index contributed by atoms with van der Waals surface area (Å²) in [6, 6.07) is 14.7. The van der Waals surface area contributed by atoms with Crippen molar-refractivity contribution in [2.24, 2.45) is 0 Å². The molecule has 2 rings (SSSR count). The SMILES string of the molecule is COC(=O)c1ccc(OCc2ccccc2)c(OCCOCCOCCOCCCl)c1. The lowest BCUT2D eigenvalue weighted by Gasteiger charge is -2.14. The van der Waals surface area contributed by atoms with Crippen LogP contribution < -0.4 is 9.47 Å². The Bertz CT molecular complexity index is 755. The van der Waals surface area contributed by atoms with Crippen molar-refractivity contribution in [1.82, 2.24) is 0 Å². The zero-order chi connectivity index (χ0) is 22.2. The highest BCUT2D eigenvalue weighted by atomic mass is 35.5. The molecule has 0 amide bonds. The summed E-state index contributed by atoms with van der Waals surface area (Å²) in [6.07, 6.45) is 0. The number of hydrogen-bond donors (Lipinski definition) is 0. The van der Waals surface area contributed by atoms with Gasteiger partial charge < -0.3 is 28.4 Å². The molecule has 8 heteroatoms. The van der Waals surface area contributed by atoms with E-state index < -0.39 is 5.97 Å². The minimum Gasteiger partial charge on any atom is -0.487 e. The molecule has 0 spiro atoms. The highest BCUT2D eigenvalue weighted by Gasteiger charge is 2.12. The van der Waals surface area contributed by atoms with Crippen LogP contribution in [-0.2, 0) is 25.6 Å². The Kier molecular flexibility index (Phi) is 12.5. The topological polar surface area (TPSA) is 72.5 Å². The molecule has 0 radical (unpaired) electrons. The number of carbonyl (C=O) groups is 1. The van der Waals surface area contributed by atoms with Gasteiger partial charge in [0.2, 0.25) is 0 Å². The van der Waals surface area contributed by atoms with E-state index in [1.54, 1.807) is 18.2 Å². The first-order valence-corrected chi connectivity index (χ1v) is 10.6. The van der Waals surface area contributed by atoms with Gasteiger partial charge in [-0.05, 0) is 23.8 Å². The van der Waals surface area contributed by atoms with Gasteiger partial charge in [-0.2, -0.15) is 0 Å². The lowest BCUT2D eigenvalue weighted by molar-refractivity contribution is 0.0115. The fraction of sp³-hybridized carbons (Fsp3) is 0.435. The second kappa shape index (κ2) is 15.5. The summed E-state index contributed by atoms with van der Waals surface area (Å²) in [7, 11) is 1.34. The highest BCUT2D eigenvalue weighted by Crippen LogP contribution is 2.29. The molecule has 0 atom stereocenters. The van der Waals surface area contributed by atoms with E-state index in [9.17, 15) is 4.79 Å². The van der Waals surface area contributed by atoms with Gasteiger partial charge in [-0.1, -0.05) is 30.3 Å². The molecule has 0 heterocycles. The summed E-state index contributed by atoms with van der Waals surface area (Å²) >= 11 is 5.52. The minimum absolute atomic E-state index is 0.297. The zero-order valence-corrected chi connectivity index (χ0v) is 18.5. The lowest BCUT2D eigenvalue weighted by Crippen LogP contribution is -2.13. The number of benzene rings is 2. The van der Waals surface area contributed by atoms with Gasteiger partial charge in [0.15, 0.2) is 11.5 Å². The Morgan fingerprint density at radius 1 is 0.774 bits per heavy atom. The molecular weight excluding hydrogens is 424 g/mol. The van der Waals surface area contributed by atoms with Gasteiger partial charge in [0.25, 0.3) is 0 Å². The van der Waals surface area contributed by atoms with Crippen molar-refractivity contribution in [3.8, 4) is 11.5 Å². The van der Waals surface area contributed by atoms with Crippen molar-refractivity contribution in [2.45, 2.75) is 6.61 Å². The maximum Gasteiger partial charge on any atom is 0.337 e. The molecule has 2 aromatic rings. The van der Waals surface area contributed by atoms with Gasteiger partial charge in [0.1, 0.15) is 13.2 Å². The fourth-order valence-corrected chi connectivity index (χ4v) is 2.64. The molecule has 0 aliphatic heterocycles. The van der Waals surface area contributed by atoms with Crippen LogP contribution in [0.15, 0.2) is 48.5 Å². The molecule has 0 aliphatic carbocycles. The second-order valence-electron chi connectivity index (χ2n) is 6.30. The minimum atomic E-state index is -0.442. The third-order valence-electron chi connectivity index (χ3n) is 4.05. The third kappa shape index (κ3) is 10.0. The molecule has 0 saturated heterocycles. The molecule has 31 heavy (non-hydrogen) atoms. The van der Waals surface area contributed by atoms with Crippen LogP contribution in [0.4, 0.5) is 0 Å². The average molecular weight is 453 g/mol. The number of carbonyl (C=O) groups excluding carboxylic acids is 1. The van der Waals surface area contributed by atoms with Gasteiger partial charge in [-0.15, -0.1) is 11.6 Å². The maximum absolute atomic E-state index is 11.8. The van der Waals surface area contributed by atoms with Crippen molar-refractivity contribution in [3.63, 3.8) is 0 Å². The van der Waals surface area contributed by atoms with Crippen LogP contribution >= 0.6 is 11.6 Å². The largest absolute Gasteiger partial charge is 0.487 e. The van der Waals surface area contributed by atoms with E-state index in [-0.39, 0.29) is 0 Å². The zero-order valence-electron chi connectivity index (χ0n) is 17.7. The van der Waals surface area contributed by atoms with Crippen LogP contribution in [0, 0.1) is 0 Å². The van der Waals surface area contributed by atoms with Crippen LogP contribution in [0.3, 0.4) is 0 Å². The highest BCUT2D eigenvalue weighted by molar-refractivity contribution is 6.17. The Hall–Kier alpha value is -2.32. The van der Waals surface area contributed by atoms with Crippen molar-refractivity contribution in [2.75, 3.05) is 59.2 Å². The van der Waals surface area contributed by atoms with Crippen LogP contribution in [0.2, 0.25) is 0 Å². The van der Waals surface area contributed by atoms with E-state index in [1.807, 2.05) is 30.3 Å². The molecule has 0 aliphatic rings. The summed E-state index contributed by atoms with van der Waals surface area (Å²) in [4.78, 5) is 11.8. The van der Waals surface area contributed by atoms with E-state index in [1.165, 1.54) is 7.11 Å². The molecule has 0 saturated carbocycles. The Balaban J connectivity index is 1.77. The Morgan fingerprint density at radius 2 is 1.42 bits per heavy atom. The summed E-state index contributed by atoms with van der Waals surface area (Å²) in [5, 5.41) is 0. The van der Waals surface area contributed by atoms with Crippen molar-refractivity contribution < 1.29 is 33.2 Å². The number of methoxy groups -OCH3 is 1. The van der Waals surface area contributed by atoms with E-state index in [4.69, 9.17) is 40.0 Å². The quantitative estimate of drug-likeness (QED) is 0.218. The number of esters is 1. The second-order valence-corrected chi connectivity index (χ2v) is 6.68. The predicted octanol–water partition coefficient (Wildman–Crippen LogP) is 3.72. The van der Waals surface area contributed by atoms with Gasteiger partial charge in [0.05, 0.1) is 52.3 Å². The first-order valence-electron chi connectivity index (χ1n) is 10.1. The average Bonchev–Trinajstić information content (AvgIpc) is 2.81. The molecule has 0 aromatic heterocycles. The summed E-state index contributed by atoms with van der Waals surface area (Å²) in [5.41, 5.74) is 1.41. The number of ether oxygens (including phenoxy) is 6. The van der Waals surface area contributed by atoms with E-state index in [0.717, 1.165) is 5.56 Å². The first kappa shape index (κ1) is 24.9. The van der Waals surface area contributed by atoms with E-state index in [2.05, 4.69) is 0 Å². The van der Waals surface area contributed by atoms with Crippen LogP contribution in [-0.4, -0.2) is 65.2 Å². The molecule has 0 unspecified atom stereocenters. The molecule has 0 N–H and O–H groups in total. The van der Waals surface area contributed by atoms with E-state index in [0.29, 0.717) is 75.8 Å². The van der Waals surface area contributed by atoms with Gasteiger partial charge in [0, 0.05) is 5.88 Å². The summed E-state index contributed by atoms with van der Waals surface area (Å²) < 4.78 is 32.6. The molecule has 170 valence electrons. The van der Waals surface area contributed by atoms with Crippen molar-refractivity contribution in [3.05, 3.63) is 59.7 Å². The summed E-state index contributed by atoms with van der Waals surface area (Å²) in [5.74, 6) is 1.03. The van der Waals surface area contributed by atoms with Gasteiger partial charge >= 0.3 is 5.97 Å². The Morgan fingerprint density at radius 3 is 2.06 bits per heavy atom. The van der Waals surface area contributed by atoms with Crippen LogP contribution in [0.5, 0.6) is 11.5 Å². The molecular formula is C23H29ClO7. The first-order chi connectivity index (χ1) is 15.2. The number of hydrogen-bond acceptors (Lipinski definition) is 7. The normalized spacial score (nSPS) is 10.6. The van der Waals surface area contributed by atoms with Gasteiger partial charge in [-0.25, -0.2) is 4.79 Å². The molecule has 7 nitrogen and oxygen atoms in total. The van der Waals surface area contributed by atoms with Crippen molar-refractivity contribution in [1.29, 1.82) is 0 Å². The maximum atomic E-state index is 11.8. The molecule has 0 fully saturated rings. The lowest BCUT2D eigenvalue weighted by atomic mass is 10.2.